The monoisotopic (exact) mass is 303 g/mol. The molecule has 19 heavy (non-hydrogen) atoms. The molecule has 2 atom stereocenters. The molecule has 108 valence electrons. The van der Waals surface area contributed by atoms with Crippen molar-refractivity contribution >= 4 is 20.6 Å². The fourth-order valence-electron chi connectivity index (χ4n) is 1.35. The quantitative estimate of drug-likeness (QED) is 0.916. The average Bonchev–Trinajstić information content (AvgIpc) is 2.26. The van der Waals surface area contributed by atoms with E-state index in [4.69, 9.17) is 5.73 Å². The van der Waals surface area contributed by atoms with Gasteiger partial charge in [-0.1, -0.05) is 20.8 Å². The number of rotatable bonds is 4. The van der Waals surface area contributed by atoms with Gasteiger partial charge < -0.3 is 5.73 Å². The molecule has 0 saturated carbocycles. The van der Waals surface area contributed by atoms with Gasteiger partial charge in [0.15, 0.2) is 9.84 Å². The molecule has 1 rings (SSSR count). The van der Waals surface area contributed by atoms with Crippen molar-refractivity contribution in [3.05, 3.63) is 24.3 Å². The van der Waals surface area contributed by atoms with Crippen molar-refractivity contribution in [3.63, 3.8) is 0 Å². The first-order chi connectivity index (χ1) is 8.51. The van der Waals surface area contributed by atoms with Crippen LogP contribution in [0.3, 0.4) is 0 Å². The van der Waals surface area contributed by atoms with E-state index in [-0.39, 0.29) is 16.4 Å². The van der Waals surface area contributed by atoms with Crippen LogP contribution in [0.2, 0.25) is 0 Å². The maximum absolute atomic E-state index is 12.1. The Bertz CT molecular complexity index is 557. The number of benzene rings is 1. The third kappa shape index (κ3) is 4.71. The lowest BCUT2D eigenvalue weighted by molar-refractivity contribution is 0.342. The fourth-order valence-corrected chi connectivity index (χ4v) is 3.44. The van der Waals surface area contributed by atoms with E-state index in [1.54, 1.807) is 12.1 Å². The van der Waals surface area contributed by atoms with Crippen molar-refractivity contribution in [2.24, 2.45) is 11.1 Å². The summed E-state index contributed by atoms with van der Waals surface area (Å²) in [7, 11) is -4.43. The molecule has 2 N–H and O–H groups in total. The van der Waals surface area contributed by atoms with Crippen LogP contribution in [0, 0.1) is 5.41 Å². The Hall–Kier alpha value is -0.720. The molecule has 0 aromatic heterocycles. The smallest absolute Gasteiger partial charge is 0.175 e. The lowest BCUT2D eigenvalue weighted by Crippen LogP contribution is -2.39. The molecule has 0 radical (unpaired) electrons. The first-order valence-corrected chi connectivity index (χ1v) is 9.17. The standard InChI is InChI=1S/C13H21NO3S2/c1-13(2,3)12(14)9-18(15)10-5-7-11(8-6-10)19(4,16)17/h5-8,12H,9,14H2,1-4H3. The van der Waals surface area contributed by atoms with E-state index in [9.17, 15) is 12.6 Å². The van der Waals surface area contributed by atoms with E-state index < -0.39 is 20.6 Å². The van der Waals surface area contributed by atoms with Crippen molar-refractivity contribution in [3.8, 4) is 0 Å². The molecule has 0 bridgehead atoms. The van der Waals surface area contributed by atoms with E-state index in [0.29, 0.717) is 10.6 Å². The van der Waals surface area contributed by atoms with Crippen molar-refractivity contribution in [2.75, 3.05) is 12.0 Å². The van der Waals surface area contributed by atoms with Gasteiger partial charge in [-0.3, -0.25) is 4.21 Å². The van der Waals surface area contributed by atoms with E-state index >= 15 is 0 Å². The summed E-state index contributed by atoms with van der Waals surface area (Å²) in [5, 5.41) is 0. The molecule has 0 aliphatic carbocycles. The van der Waals surface area contributed by atoms with E-state index in [2.05, 4.69) is 0 Å². The molecule has 0 spiro atoms. The number of nitrogens with two attached hydrogens (primary N) is 1. The number of hydrogen-bond donors (Lipinski definition) is 1. The summed E-state index contributed by atoms with van der Waals surface area (Å²) >= 11 is 0. The third-order valence-electron chi connectivity index (χ3n) is 2.96. The second-order valence-electron chi connectivity index (χ2n) is 5.73. The first kappa shape index (κ1) is 16.3. The molecule has 6 heteroatoms. The van der Waals surface area contributed by atoms with Crippen LogP contribution in [0.5, 0.6) is 0 Å². The zero-order valence-electron chi connectivity index (χ0n) is 11.7. The molecule has 0 aliphatic heterocycles. The van der Waals surface area contributed by atoms with Crippen LogP contribution in [0.4, 0.5) is 0 Å². The van der Waals surface area contributed by atoms with Crippen molar-refractivity contribution in [2.45, 2.75) is 36.6 Å². The van der Waals surface area contributed by atoms with Crippen molar-refractivity contribution in [1.29, 1.82) is 0 Å². The Morgan fingerprint density at radius 3 is 2.05 bits per heavy atom. The molecule has 4 nitrogen and oxygen atoms in total. The van der Waals surface area contributed by atoms with Gasteiger partial charge in [-0.15, -0.1) is 0 Å². The molecule has 0 aliphatic rings. The van der Waals surface area contributed by atoms with Crippen LogP contribution in [-0.4, -0.2) is 30.7 Å². The van der Waals surface area contributed by atoms with Gasteiger partial charge in [-0.05, 0) is 29.7 Å². The summed E-state index contributed by atoms with van der Waals surface area (Å²) in [4.78, 5) is 0.834. The van der Waals surface area contributed by atoms with Crippen LogP contribution in [0.25, 0.3) is 0 Å². The fraction of sp³-hybridized carbons (Fsp3) is 0.538. The molecule has 0 heterocycles. The Balaban J connectivity index is 2.85. The van der Waals surface area contributed by atoms with Crippen molar-refractivity contribution in [1.82, 2.24) is 0 Å². The van der Waals surface area contributed by atoms with Crippen molar-refractivity contribution < 1.29 is 12.6 Å². The van der Waals surface area contributed by atoms with Gasteiger partial charge in [0.1, 0.15) is 0 Å². The maximum Gasteiger partial charge on any atom is 0.175 e. The van der Waals surface area contributed by atoms with Crippen LogP contribution in [0.15, 0.2) is 34.1 Å². The Morgan fingerprint density at radius 2 is 1.68 bits per heavy atom. The summed E-state index contributed by atoms with van der Waals surface area (Å²) in [6, 6.07) is 5.95. The first-order valence-electron chi connectivity index (χ1n) is 5.96. The lowest BCUT2D eigenvalue weighted by Gasteiger charge is -2.26. The minimum Gasteiger partial charge on any atom is -0.326 e. The predicted molar refractivity (Wildman–Crippen MR) is 78.3 cm³/mol. The van der Waals surface area contributed by atoms with Crippen LogP contribution in [-0.2, 0) is 20.6 Å². The highest BCUT2D eigenvalue weighted by Crippen LogP contribution is 2.20. The highest BCUT2D eigenvalue weighted by Gasteiger charge is 2.23. The zero-order valence-corrected chi connectivity index (χ0v) is 13.3. The molecule has 1 aromatic rings. The SMILES string of the molecule is CC(C)(C)C(N)CS(=O)c1ccc(S(C)(=O)=O)cc1. The number of sulfone groups is 1. The van der Waals surface area contributed by atoms with Gasteiger partial charge in [0, 0.05) is 22.9 Å². The van der Waals surface area contributed by atoms with Gasteiger partial charge in [-0.25, -0.2) is 8.42 Å². The Kier molecular flexibility index (Phi) is 4.92. The van der Waals surface area contributed by atoms with Gasteiger partial charge >= 0.3 is 0 Å². The van der Waals surface area contributed by atoms with Crippen LogP contribution in [0.1, 0.15) is 20.8 Å². The van der Waals surface area contributed by atoms with E-state index in [1.165, 1.54) is 12.1 Å². The Morgan fingerprint density at radius 1 is 1.21 bits per heavy atom. The summed E-state index contributed by atoms with van der Waals surface area (Å²) in [5.74, 6) is 0.363. The van der Waals surface area contributed by atoms with E-state index in [1.807, 2.05) is 20.8 Å². The molecular formula is C13H21NO3S2. The highest BCUT2D eigenvalue weighted by molar-refractivity contribution is 7.90. The van der Waals surface area contributed by atoms with Gasteiger partial charge in [0.05, 0.1) is 15.7 Å². The molecular weight excluding hydrogens is 282 g/mol. The molecule has 0 fully saturated rings. The van der Waals surface area contributed by atoms with Gasteiger partial charge in [0.2, 0.25) is 0 Å². The minimum atomic E-state index is -3.22. The summed E-state index contributed by atoms with van der Waals surface area (Å²) < 4.78 is 34.8. The molecule has 1 aromatic carbocycles. The molecule has 2 unspecified atom stereocenters. The third-order valence-corrected chi connectivity index (χ3v) is 5.55. The topological polar surface area (TPSA) is 77.2 Å². The maximum atomic E-state index is 12.1. The predicted octanol–water partition coefficient (Wildman–Crippen LogP) is 1.57. The number of hydrogen-bond acceptors (Lipinski definition) is 4. The minimum absolute atomic E-state index is 0.109. The Labute approximate surface area is 117 Å². The summed E-state index contributed by atoms with van der Waals surface area (Å²) in [5.41, 5.74) is 5.89. The lowest BCUT2D eigenvalue weighted by atomic mass is 9.89. The normalized spacial score (nSPS) is 16.1. The van der Waals surface area contributed by atoms with Crippen LogP contribution >= 0.6 is 0 Å². The zero-order chi connectivity index (χ0) is 14.8. The highest BCUT2D eigenvalue weighted by atomic mass is 32.2. The second kappa shape index (κ2) is 5.73. The second-order valence-corrected chi connectivity index (χ2v) is 9.24. The molecule has 0 amide bonds. The molecule has 0 saturated heterocycles. The largest absolute Gasteiger partial charge is 0.326 e. The summed E-state index contributed by atoms with van der Waals surface area (Å²) in [6.07, 6.45) is 1.15. The van der Waals surface area contributed by atoms with Gasteiger partial charge in [0.25, 0.3) is 0 Å². The van der Waals surface area contributed by atoms with Crippen LogP contribution < -0.4 is 5.73 Å². The summed E-state index contributed by atoms with van der Waals surface area (Å²) in [6.45, 7) is 6.00. The average molecular weight is 303 g/mol. The van der Waals surface area contributed by atoms with E-state index in [0.717, 1.165) is 6.26 Å². The van der Waals surface area contributed by atoms with Gasteiger partial charge in [-0.2, -0.15) is 0 Å².